The van der Waals surface area contributed by atoms with Crippen LogP contribution in [-0.2, 0) is 17.7 Å². The predicted molar refractivity (Wildman–Crippen MR) is 128 cm³/mol. The average Bonchev–Trinajstić information content (AvgIpc) is 2.88. The van der Waals surface area contributed by atoms with E-state index in [1.165, 1.54) is 18.2 Å². The topological polar surface area (TPSA) is 111 Å². The van der Waals surface area contributed by atoms with Gasteiger partial charge in [0.05, 0.1) is 35.9 Å². The third kappa shape index (κ3) is 4.82. The molecule has 0 N–H and O–H groups in total. The van der Waals surface area contributed by atoms with Gasteiger partial charge in [-0.1, -0.05) is 12.1 Å². The number of aryl methyl sites for hydroxylation is 1. The van der Waals surface area contributed by atoms with Gasteiger partial charge in [-0.15, -0.1) is 0 Å². The van der Waals surface area contributed by atoms with Gasteiger partial charge in [-0.05, 0) is 25.1 Å². The van der Waals surface area contributed by atoms with Crippen LogP contribution in [0, 0.1) is 22.9 Å². The standard InChI is InChI=1S/C25H24FN5O5/c1-16-5-6-17(13-22(16)31(33)34)24(32)30-8-7-21-20(15-30)23(36-19-4-2-3-18(26)14-19)28-25(27-21)29-9-11-35-12-10-29/h2-6,13-14H,7-12,15H2,1H3. The van der Waals surface area contributed by atoms with Crippen molar-refractivity contribution in [2.24, 2.45) is 0 Å². The molecule has 186 valence electrons. The van der Waals surface area contributed by atoms with Gasteiger partial charge >= 0.3 is 0 Å². The van der Waals surface area contributed by atoms with Crippen molar-refractivity contribution < 1.29 is 23.6 Å². The van der Waals surface area contributed by atoms with Crippen LogP contribution in [0.4, 0.5) is 16.0 Å². The van der Waals surface area contributed by atoms with Crippen molar-refractivity contribution in [3.63, 3.8) is 0 Å². The summed E-state index contributed by atoms with van der Waals surface area (Å²) in [6, 6.07) is 10.2. The van der Waals surface area contributed by atoms with Crippen LogP contribution >= 0.6 is 0 Å². The quantitative estimate of drug-likeness (QED) is 0.391. The summed E-state index contributed by atoms with van der Waals surface area (Å²) in [5.41, 5.74) is 1.98. The van der Waals surface area contributed by atoms with Crippen molar-refractivity contribution in [1.29, 1.82) is 0 Å². The van der Waals surface area contributed by atoms with Crippen LogP contribution in [0.1, 0.15) is 27.2 Å². The van der Waals surface area contributed by atoms with Crippen molar-refractivity contribution in [3.05, 3.63) is 80.8 Å². The molecule has 36 heavy (non-hydrogen) atoms. The first kappa shape index (κ1) is 23.6. The van der Waals surface area contributed by atoms with E-state index in [1.807, 2.05) is 4.90 Å². The number of nitrogens with zero attached hydrogens (tertiary/aromatic N) is 5. The van der Waals surface area contributed by atoms with Gasteiger partial charge in [0.25, 0.3) is 11.6 Å². The second-order valence-electron chi connectivity index (χ2n) is 8.65. The molecule has 3 aromatic rings. The zero-order chi connectivity index (χ0) is 25.2. The highest BCUT2D eigenvalue weighted by molar-refractivity contribution is 5.95. The molecule has 0 unspecified atom stereocenters. The van der Waals surface area contributed by atoms with Gasteiger partial charge in [-0.3, -0.25) is 14.9 Å². The average molecular weight is 493 g/mol. The summed E-state index contributed by atoms with van der Waals surface area (Å²) in [7, 11) is 0. The molecule has 1 aromatic heterocycles. The molecule has 0 spiro atoms. The lowest BCUT2D eigenvalue weighted by molar-refractivity contribution is -0.385. The number of ether oxygens (including phenoxy) is 2. The van der Waals surface area contributed by atoms with Gasteiger partial charge in [0.15, 0.2) is 0 Å². The molecule has 2 aromatic carbocycles. The monoisotopic (exact) mass is 493 g/mol. The third-order valence-electron chi connectivity index (χ3n) is 6.26. The number of hydrogen-bond donors (Lipinski definition) is 0. The van der Waals surface area contributed by atoms with E-state index in [9.17, 15) is 19.3 Å². The maximum atomic E-state index is 13.8. The molecule has 1 amide bonds. The number of benzene rings is 2. The van der Waals surface area contributed by atoms with Crippen LogP contribution in [0.15, 0.2) is 42.5 Å². The van der Waals surface area contributed by atoms with Crippen LogP contribution in [0.5, 0.6) is 11.6 Å². The van der Waals surface area contributed by atoms with Crippen LogP contribution in [0.3, 0.4) is 0 Å². The summed E-state index contributed by atoms with van der Waals surface area (Å²) in [5, 5.41) is 11.4. The number of fused-ring (bicyclic) bond motifs is 1. The molecule has 0 atom stereocenters. The maximum absolute atomic E-state index is 13.8. The number of rotatable bonds is 5. The van der Waals surface area contributed by atoms with E-state index in [1.54, 1.807) is 36.1 Å². The van der Waals surface area contributed by atoms with E-state index in [2.05, 4.69) is 4.98 Å². The smallest absolute Gasteiger partial charge is 0.273 e. The van der Waals surface area contributed by atoms with E-state index < -0.39 is 10.7 Å². The number of halogens is 1. The molecule has 11 heteroatoms. The molecule has 0 aliphatic carbocycles. The van der Waals surface area contributed by atoms with Crippen LogP contribution < -0.4 is 9.64 Å². The Labute approximate surface area is 206 Å². The molecule has 3 heterocycles. The summed E-state index contributed by atoms with van der Waals surface area (Å²) in [5.74, 6) is 0.248. The Hall–Kier alpha value is -4.12. The van der Waals surface area contributed by atoms with Gasteiger partial charge < -0.3 is 19.3 Å². The Balaban J connectivity index is 1.48. The van der Waals surface area contributed by atoms with E-state index in [0.29, 0.717) is 56.3 Å². The molecule has 1 fully saturated rings. The van der Waals surface area contributed by atoms with Gasteiger partial charge in [-0.25, -0.2) is 9.37 Å². The van der Waals surface area contributed by atoms with Gasteiger partial charge in [0.2, 0.25) is 11.8 Å². The molecule has 0 bridgehead atoms. The third-order valence-corrected chi connectivity index (χ3v) is 6.26. The summed E-state index contributed by atoms with van der Waals surface area (Å²) < 4.78 is 25.3. The highest BCUT2D eigenvalue weighted by Crippen LogP contribution is 2.32. The fourth-order valence-corrected chi connectivity index (χ4v) is 4.30. The molecule has 0 saturated carbocycles. The molecule has 5 rings (SSSR count). The van der Waals surface area contributed by atoms with E-state index in [0.717, 1.165) is 5.69 Å². The number of amides is 1. The number of hydrogen-bond acceptors (Lipinski definition) is 8. The fraction of sp³-hybridized carbons (Fsp3) is 0.320. The number of aromatic nitrogens is 2. The first-order chi connectivity index (χ1) is 17.4. The summed E-state index contributed by atoms with van der Waals surface area (Å²) in [4.78, 5) is 37.1. The number of carbonyl (C=O) groups is 1. The largest absolute Gasteiger partial charge is 0.438 e. The maximum Gasteiger partial charge on any atom is 0.273 e. The highest BCUT2D eigenvalue weighted by atomic mass is 19.1. The molecular weight excluding hydrogens is 469 g/mol. The van der Waals surface area contributed by atoms with Crippen molar-refractivity contribution in [2.45, 2.75) is 19.9 Å². The summed E-state index contributed by atoms with van der Waals surface area (Å²) in [6.07, 6.45) is 0.453. The Morgan fingerprint density at radius 3 is 2.69 bits per heavy atom. The molecule has 2 aliphatic heterocycles. The van der Waals surface area contributed by atoms with Crippen molar-refractivity contribution in [3.8, 4) is 11.6 Å². The van der Waals surface area contributed by atoms with Gasteiger partial charge in [0.1, 0.15) is 11.6 Å². The van der Waals surface area contributed by atoms with E-state index in [-0.39, 0.29) is 35.3 Å². The zero-order valence-corrected chi connectivity index (χ0v) is 19.6. The lowest BCUT2D eigenvalue weighted by Gasteiger charge is -2.32. The summed E-state index contributed by atoms with van der Waals surface area (Å²) in [6.45, 7) is 4.56. The molecule has 10 nitrogen and oxygen atoms in total. The predicted octanol–water partition coefficient (Wildman–Crippen LogP) is 3.66. The minimum atomic E-state index is -0.496. The number of nitro groups is 1. The SMILES string of the molecule is Cc1ccc(C(=O)N2CCc3nc(N4CCOCC4)nc(Oc4cccc(F)c4)c3C2)cc1[N+](=O)[O-]. The van der Waals surface area contributed by atoms with Gasteiger partial charge in [-0.2, -0.15) is 4.98 Å². The molecule has 2 aliphatic rings. The van der Waals surface area contributed by atoms with Crippen molar-refractivity contribution in [1.82, 2.24) is 14.9 Å². The Kier molecular flexibility index (Phi) is 6.47. The minimum Gasteiger partial charge on any atom is -0.438 e. The Morgan fingerprint density at radius 1 is 1.14 bits per heavy atom. The van der Waals surface area contributed by atoms with Crippen LogP contribution in [0.25, 0.3) is 0 Å². The van der Waals surface area contributed by atoms with E-state index in [4.69, 9.17) is 14.5 Å². The highest BCUT2D eigenvalue weighted by Gasteiger charge is 2.29. The number of carbonyl (C=O) groups excluding carboxylic acids is 1. The lowest BCUT2D eigenvalue weighted by Crippen LogP contribution is -2.39. The number of nitro benzene ring substituents is 1. The second kappa shape index (κ2) is 9.86. The first-order valence-electron chi connectivity index (χ1n) is 11.6. The van der Waals surface area contributed by atoms with Crippen molar-refractivity contribution in [2.75, 3.05) is 37.7 Å². The molecule has 0 radical (unpaired) electrons. The van der Waals surface area contributed by atoms with Crippen LogP contribution in [0.2, 0.25) is 0 Å². The zero-order valence-electron chi connectivity index (χ0n) is 19.6. The normalized spacial score (nSPS) is 15.4. The minimum absolute atomic E-state index is 0.105. The number of morpholine rings is 1. The molecular formula is C25H24FN5O5. The lowest BCUT2D eigenvalue weighted by atomic mass is 10.0. The molecule has 1 saturated heterocycles. The fourth-order valence-electron chi connectivity index (χ4n) is 4.30. The number of anilines is 1. The van der Waals surface area contributed by atoms with E-state index >= 15 is 0 Å². The van der Waals surface area contributed by atoms with Gasteiger partial charge in [0, 0.05) is 49.3 Å². The second-order valence-corrected chi connectivity index (χ2v) is 8.65. The Morgan fingerprint density at radius 2 is 1.94 bits per heavy atom. The van der Waals surface area contributed by atoms with Crippen LogP contribution in [-0.4, -0.2) is 58.5 Å². The first-order valence-corrected chi connectivity index (χ1v) is 11.6. The summed E-state index contributed by atoms with van der Waals surface area (Å²) >= 11 is 0. The van der Waals surface area contributed by atoms with Crippen molar-refractivity contribution >= 4 is 17.5 Å². The Bertz CT molecular complexity index is 1330.